The van der Waals surface area contributed by atoms with Gasteiger partial charge in [0.15, 0.2) is 0 Å². The van der Waals surface area contributed by atoms with Crippen LogP contribution in [-0.4, -0.2) is 36.9 Å². The zero-order valence-corrected chi connectivity index (χ0v) is 12.4. The van der Waals surface area contributed by atoms with E-state index in [1.807, 2.05) is 6.92 Å². The van der Waals surface area contributed by atoms with E-state index in [0.717, 1.165) is 18.9 Å². The van der Waals surface area contributed by atoms with Gasteiger partial charge >= 0.3 is 16.2 Å². The third-order valence-corrected chi connectivity index (χ3v) is 4.92. The molecule has 0 bridgehead atoms. The average molecular weight is 316 g/mol. The normalized spacial score (nSPS) is 20.2. The van der Waals surface area contributed by atoms with Crippen molar-refractivity contribution in [2.24, 2.45) is 5.92 Å². The van der Waals surface area contributed by atoms with Crippen LogP contribution >= 0.6 is 0 Å². The van der Waals surface area contributed by atoms with Crippen LogP contribution in [0, 0.1) is 11.7 Å². The van der Waals surface area contributed by atoms with Gasteiger partial charge in [0, 0.05) is 13.1 Å². The monoisotopic (exact) mass is 316 g/mol. The number of anilines is 1. The number of rotatable bonds is 4. The average Bonchev–Trinajstić information content (AvgIpc) is 2.37. The number of carbonyl (C=O) groups is 1. The highest BCUT2D eigenvalue weighted by atomic mass is 32.2. The van der Waals surface area contributed by atoms with E-state index in [-0.39, 0.29) is 11.6 Å². The SMILES string of the molecule is CC1CCCN(S(=O)(=O)Nc2cccc(F)c2C(=O)O)C1. The molecular formula is C13H17FN2O4S. The zero-order valence-electron chi connectivity index (χ0n) is 11.5. The molecule has 1 heterocycles. The van der Waals surface area contributed by atoms with Crippen LogP contribution in [0.5, 0.6) is 0 Å². The van der Waals surface area contributed by atoms with E-state index < -0.39 is 27.6 Å². The van der Waals surface area contributed by atoms with E-state index >= 15 is 0 Å². The minimum absolute atomic E-state index is 0.238. The molecule has 0 radical (unpaired) electrons. The Morgan fingerprint density at radius 2 is 2.19 bits per heavy atom. The first-order chi connectivity index (χ1) is 9.81. The molecule has 8 heteroatoms. The second-order valence-electron chi connectivity index (χ2n) is 5.18. The first kappa shape index (κ1) is 15.7. The molecule has 0 saturated carbocycles. The lowest BCUT2D eigenvalue weighted by Crippen LogP contribution is -2.42. The standard InChI is InChI=1S/C13H17FN2O4S/c1-9-4-3-7-16(8-9)21(19,20)15-11-6-2-5-10(14)12(11)13(17)18/h2,5-6,9,15H,3-4,7-8H2,1H3,(H,17,18). The van der Waals surface area contributed by atoms with Crippen LogP contribution in [-0.2, 0) is 10.2 Å². The number of aromatic carboxylic acids is 1. The van der Waals surface area contributed by atoms with Crippen molar-refractivity contribution in [3.63, 3.8) is 0 Å². The molecule has 21 heavy (non-hydrogen) atoms. The molecule has 1 saturated heterocycles. The van der Waals surface area contributed by atoms with Crippen LogP contribution in [0.3, 0.4) is 0 Å². The van der Waals surface area contributed by atoms with Gasteiger partial charge in [-0.25, -0.2) is 9.18 Å². The van der Waals surface area contributed by atoms with Crippen molar-refractivity contribution >= 4 is 21.9 Å². The molecule has 2 N–H and O–H groups in total. The highest BCUT2D eigenvalue weighted by molar-refractivity contribution is 7.90. The summed E-state index contributed by atoms with van der Waals surface area (Å²) in [6, 6.07) is 3.47. The second-order valence-corrected chi connectivity index (χ2v) is 6.85. The maximum Gasteiger partial charge on any atom is 0.340 e. The van der Waals surface area contributed by atoms with Crippen molar-refractivity contribution in [2.45, 2.75) is 19.8 Å². The summed E-state index contributed by atoms with van der Waals surface area (Å²) in [7, 11) is -3.89. The summed E-state index contributed by atoms with van der Waals surface area (Å²) in [6.07, 6.45) is 1.70. The molecule has 1 aromatic carbocycles. The van der Waals surface area contributed by atoms with Crippen molar-refractivity contribution in [3.8, 4) is 0 Å². The van der Waals surface area contributed by atoms with E-state index in [0.29, 0.717) is 13.1 Å². The molecule has 0 aromatic heterocycles. The Balaban J connectivity index is 2.29. The molecule has 6 nitrogen and oxygen atoms in total. The van der Waals surface area contributed by atoms with Gasteiger partial charge in [0.2, 0.25) is 0 Å². The minimum Gasteiger partial charge on any atom is -0.478 e. The van der Waals surface area contributed by atoms with Crippen molar-refractivity contribution in [1.29, 1.82) is 0 Å². The number of nitrogens with zero attached hydrogens (tertiary/aromatic N) is 1. The molecule has 2 rings (SSSR count). The van der Waals surface area contributed by atoms with Gasteiger partial charge in [-0.1, -0.05) is 13.0 Å². The largest absolute Gasteiger partial charge is 0.478 e. The number of carboxylic acid groups (broad SMARTS) is 1. The zero-order chi connectivity index (χ0) is 15.6. The Morgan fingerprint density at radius 1 is 1.48 bits per heavy atom. The molecular weight excluding hydrogens is 299 g/mol. The summed E-state index contributed by atoms with van der Waals surface area (Å²) < 4.78 is 41.6. The Bertz CT molecular complexity index is 648. The molecule has 0 aliphatic carbocycles. The number of halogens is 1. The van der Waals surface area contributed by atoms with E-state index in [4.69, 9.17) is 5.11 Å². The number of hydrogen-bond donors (Lipinski definition) is 2. The third-order valence-electron chi connectivity index (χ3n) is 3.43. The molecule has 0 spiro atoms. The lowest BCUT2D eigenvalue weighted by molar-refractivity contribution is 0.0693. The predicted molar refractivity (Wildman–Crippen MR) is 75.9 cm³/mol. The van der Waals surface area contributed by atoms with Crippen molar-refractivity contribution in [3.05, 3.63) is 29.6 Å². The molecule has 1 unspecified atom stereocenters. The second kappa shape index (κ2) is 5.98. The lowest BCUT2D eigenvalue weighted by atomic mass is 10.0. The van der Waals surface area contributed by atoms with Gasteiger partial charge < -0.3 is 5.11 Å². The molecule has 1 aliphatic heterocycles. The van der Waals surface area contributed by atoms with E-state index in [1.165, 1.54) is 16.4 Å². The highest BCUT2D eigenvalue weighted by Gasteiger charge is 2.28. The van der Waals surface area contributed by atoms with Crippen molar-refractivity contribution in [2.75, 3.05) is 17.8 Å². The summed E-state index contributed by atoms with van der Waals surface area (Å²) in [4.78, 5) is 11.1. The fourth-order valence-corrected chi connectivity index (χ4v) is 3.79. The number of nitrogens with one attached hydrogen (secondary N) is 1. The molecule has 1 fully saturated rings. The van der Waals surface area contributed by atoms with Gasteiger partial charge in [0.1, 0.15) is 11.4 Å². The van der Waals surface area contributed by atoms with Crippen LogP contribution in [0.15, 0.2) is 18.2 Å². The van der Waals surface area contributed by atoms with Crippen molar-refractivity contribution < 1.29 is 22.7 Å². The molecule has 1 atom stereocenters. The van der Waals surface area contributed by atoms with Crippen LogP contribution < -0.4 is 4.72 Å². The number of hydrogen-bond acceptors (Lipinski definition) is 3. The Labute approximate surface area is 122 Å². The van der Waals surface area contributed by atoms with E-state index in [1.54, 1.807) is 0 Å². The first-order valence-corrected chi connectivity index (χ1v) is 8.05. The lowest BCUT2D eigenvalue weighted by Gasteiger charge is -2.30. The quantitative estimate of drug-likeness (QED) is 0.888. The Hall–Kier alpha value is -1.67. The summed E-state index contributed by atoms with van der Waals surface area (Å²) in [5.41, 5.74) is -0.938. The summed E-state index contributed by atoms with van der Waals surface area (Å²) in [5, 5.41) is 9.01. The fraction of sp³-hybridized carbons (Fsp3) is 0.462. The number of benzene rings is 1. The maximum atomic E-state index is 13.6. The first-order valence-electron chi connectivity index (χ1n) is 6.61. The molecule has 1 aliphatic rings. The van der Waals surface area contributed by atoms with Crippen LogP contribution in [0.2, 0.25) is 0 Å². The van der Waals surface area contributed by atoms with Crippen LogP contribution in [0.1, 0.15) is 30.1 Å². The van der Waals surface area contributed by atoms with E-state index in [9.17, 15) is 17.6 Å². The van der Waals surface area contributed by atoms with Gasteiger partial charge in [-0.2, -0.15) is 12.7 Å². The van der Waals surface area contributed by atoms with Gasteiger partial charge in [-0.05, 0) is 30.9 Å². The van der Waals surface area contributed by atoms with Crippen molar-refractivity contribution in [1.82, 2.24) is 4.31 Å². The highest BCUT2D eigenvalue weighted by Crippen LogP contribution is 2.23. The van der Waals surface area contributed by atoms with Gasteiger partial charge in [0.05, 0.1) is 5.69 Å². The third kappa shape index (κ3) is 3.51. The number of carboxylic acids is 1. The molecule has 116 valence electrons. The van der Waals surface area contributed by atoms with Crippen LogP contribution in [0.25, 0.3) is 0 Å². The van der Waals surface area contributed by atoms with Gasteiger partial charge in [-0.15, -0.1) is 0 Å². The summed E-state index contributed by atoms with van der Waals surface area (Å²) in [6.45, 7) is 2.69. The Kier molecular flexibility index (Phi) is 4.48. The summed E-state index contributed by atoms with van der Waals surface area (Å²) in [5.74, 6) is -2.26. The van der Waals surface area contributed by atoms with E-state index in [2.05, 4.69) is 4.72 Å². The van der Waals surface area contributed by atoms with Gasteiger partial charge in [0.25, 0.3) is 0 Å². The topological polar surface area (TPSA) is 86.7 Å². The predicted octanol–water partition coefficient (Wildman–Crippen LogP) is 1.91. The number of piperidine rings is 1. The summed E-state index contributed by atoms with van der Waals surface area (Å²) >= 11 is 0. The fourth-order valence-electron chi connectivity index (χ4n) is 2.39. The maximum absolute atomic E-state index is 13.6. The smallest absolute Gasteiger partial charge is 0.340 e. The van der Waals surface area contributed by atoms with Gasteiger partial charge in [-0.3, -0.25) is 4.72 Å². The Morgan fingerprint density at radius 3 is 2.81 bits per heavy atom. The molecule has 1 aromatic rings. The molecule has 0 amide bonds. The van der Waals surface area contributed by atoms with Crippen LogP contribution in [0.4, 0.5) is 10.1 Å². The minimum atomic E-state index is -3.89.